The van der Waals surface area contributed by atoms with Crippen LogP contribution in [0.25, 0.3) is 0 Å². The van der Waals surface area contributed by atoms with E-state index in [9.17, 15) is 14.4 Å². The molecule has 0 heterocycles. The lowest BCUT2D eigenvalue weighted by atomic mass is 10.2. The summed E-state index contributed by atoms with van der Waals surface area (Å²) in [7, 11) is 1.11. The van der Waals surface area contributed by atoms with E-state index in [0.717, 1.165) is 17.1 Å². The molecule has 1 aromatic rings. The molecule has 1 rings (SSSR count). The first-order chi connectivity index (χ1) is 10.7. The topological polar surface area (TPSA) is 90.9 Å². The standard InChI is InChI=1S/C14H15BrClNO6/c1-7-4-9(15)5-10(16)12(7)22-6-11(18)23-8(2)13(19)17-14(20)21-3/h4-5,8H,6H2,1-3H3,(H,17,19,20)/t8-/m1/s1. The molecule has 7 nitrogen and oxygen atoms in total. The first kappa shape index (κ1) is 19.2. The lowest BCUT2D eigenvalue weighted by Crippen LogP contribution is -2.40. The van der Waals surface area contributed by atoms with Crippen LogP contribution in [0.5, 0.6) is 5.75 Å². The molecule has 1 N–H and O–H groups in total. The van der Waals surface area contributed by atoms with Crippen molar-refractivity contribution in [3.8, 4) is 5.75 Å². The summed E-state index contributed by atoms with van der Waals surface area (Å²) in [5.41, 5.74) is 0.730. The average molecular weight is 409 g/mol. The summed E-state index contributed by atoms with van der Waals surface area (Å²) in [5.74, 6) is -1.24. The van der Waals surface area contributed by atoms with Crippen molar-refractivity contribution in [3.63, 3.8) is 0 Å². The van der Waals surface area contributed by atoms with Gasteiger partial charge in [0, 0.05) is 4.47 Å². The lowest BCUT2D eigenvalue weighted by Gasteiger charge is -2.14. The van der Waals surface area contributed by atoms with Gasteiger partial charge in [-0.25, -0.2) is 9.59 Å². The number of amides is 2. The fourth-order valence-corrected chi connectivity index (χ4v) is 2.57. The molecule has 23 heavy (non-hydrogen) atoms. The van der Waals surface area contributed by atoms with E-state index in [1.807, 2.05) is 5.32 Å². The van der Waals surface area contributed by atoms with Gasteiger partial charge in [-0.2, -0.15) is 0 Å². The molecular weight excluding hydrogens is 394 g/mol. The molecule has 126 valence electrons. The van der Waals surface area contributed by atoms with Gasteiger partial charge in [0.15, 0.2) is 12.7 Å². The maximum Gasteiger partial charge on any atom is 0.413 e. The first-order valence-corrected chi connectivity index (χ1v) is 7.58. The molecule has 0 saturated carbocycles. The zero-order valence-electron chi connectivity index (χ0n) is 12.6. The minimum atomic E-state index is -1.17. The van der Waals surface area contributed by atoms with E-state index in [1.165, 1.54) is 6.92 Å². The Morgan fingerprint density at radius 2 is 2.00 bits per heavy atom. The van der Waals surface area contributed by atoms with Gasteiger partial charge in [-0.05, 0) is 31.5 Å². The van der Waals surface area contributed by atoms with E-state index < -0.39 is 30.7 Å². The minimum Gasteiger partial charge on any atom is -0.480 e. The van der Waals surface area contributed by atoms with Crippen molar-refractivity contribution < 1.29 is 28.6 Å². The number of ether oxygens (including phenoxy) is 3. The van der Waals surface area contributed by atoms with Crippen molar-refractivity contribution in [2.45, 2.75) is 20.0 Å². The lowest BCUT2D eigenvalue weighted by molar-refractivity contribution is -0.156. The van der Waals surface area contributed by atoms with Gasteiger partial charge in [0.2, 0.25) is 0 Å². The van der Waals surface area contributed by atoms with Crippen LogP contribution in [-0.4, -0.2) is 37.8 Å². The zero-order chi connectivity index (χ0) is 17.6. The second-order valence-corrected chi connectivity index (χ2v) is 5.76. The van der Waals surface area contributed by atoms with Crippen LogP contribution < -0.4 is 10.1 Å². The van der Waals surface area contributed by atoms with Crippen LogP contribution >= 0.6 is 27.5 Å². The Hall–Kier alpha value is -1.80. The van der Waals surface area contributed by atoms with Crippen molar-refractivity contribution in [1.29, 1.82) is 0 Å². The summed E-state index contributed by atoms with van der Waals surface area (Å²) in [6.07, 6.45) is -2.11. The molecule has 0 aliphatic carbocycles. The summed E-state index contributed by atoms with van der Waals surface area (Å²) in [6, 6.07) is 3.40. The predicted molar refractivity (Wildman–Crippen MR) is 85.5 cm³/mol. The molecule has 0 aliphatic heterocycles. The highest BCUT2D eigenvalue weighted by Gasteiger charge is 2.21. The number of halogens is 2. The molecule has 0 saturated heterocycles. The third-order valence-corrected chi connectivity index (χ3v) is 3.36. The van der Waals surface area contributed by atoms with Gasteiger partial charge in [0.25, 0.3) is 5.91 Å². The number of benzene rings is 1. The van der Waals surface area contributed by atoms with Crippen LogP contribution in [0.4, 0.5) is 4.79 Å². The third kappa shape index (κ3) is 6.07. The Labute approximate surface area is 146 Å². The molecule has 0 aromatic heterocycles. The summed E-state index contributed by atoms with van der Waals surface area (Å²) in [4.78, 5) is 34.1. The Bertz CT molecular complexity index is 598. The number of alkyl carbamates (subject to hydrolysis) is 1. The summed E-state index contributed by atoms with van der Waals surface area (Å²) < 4.78 is 15.2. The van der Waals surface area contributed by atoms with Crippen molar-refractivity contribution in [1.82, 2.24) is 5.32 Å². The fourth-order valence-electron chi connectivity index (χ4n) is 1.54. The number of hydrogen-bond acceptors (Lipinski definition) is 6. The Morgan fingerprint density at radius 3 is 2.57 bits per heavy atom. The number of nitrogens with one attached hydrogen (secondary N) is 1. The van der Waals surface area contributed by atoms with Crippen molar-refractivity contribution >= 4 is 45.5 Å². The van der Waals surface area contributed by atoms with Crippen molar-refractivity contribution in [3.05, 3.63) is 27.2 Å². The van der Waals surface area contributed by atoms with E-state index in [1.54, 1.807) is 19.1 Å². The summed E-state index contributed by atoms with van der Waals surface area (Å²) >= 11 is 9.31. The van der Waals surface area contributed by atoms with Crippen LogP contribution in [0.15, 0.2) is 16.6 Å². The van der Waals surface area contributed by atoms with Crippen LogP contribution in [0.1, 0.15) is 12.5 Å². The highest BCUT2D eigenvalue weighted by molar-refractivity contribution is 9.10. The van der Waals surface area contributed by atoms with Gasteiger partial charge in [0.05, 0.1) is 12.1 Å². The van der Waals surface area contributed by atoms with Crippen molar-refractivity contribution in [2.75, 3.05) is 13.7 Å². The number of rotatable bonds is 5. The van der Waals surface area contributed by atoms with Gasteiger partial charge in [-0.15, -0.1) is 0 Å². The highest BCUT2D eigenvalue weighted by Crippen LogP contribution is 2.31. The predicted octanol–water partition coefficient (Wildman–Crippen LogP) is 2.60. The van der Waals surface area contributed by atoms with Gasteiger partial charge < -0.3 is 14.2 Å². The Morgan fingerprint density at radius 1 is 1.35 bits per heavy atom. The quantitative estimate of drug-likeness (QED) is 0.753. The van der Waals surface area contributed by atoms with Crippen LogP contribution in [0, 0.1) is 6.92 Å². The van der Waals surface area contributed by atoms with Crippen LogP contribution in [0.3, 0.4) is 0 Å². The molecule has 0 bridgehead atoms. The van der Waals surface area contributed by atoms with Gasteiger partial charge in [-0.3, -0.25) is 10.1 Å². The maximum atomic E-state index is 11.7. The molecule has 0 spiro atoms. The molecule has 9 heteroatoms. The first-order valence-electron chi connectivity index (χ1n) is 6.41. The second-order valence-electron chi connectivity index (χ2n) is 4.44. The number of esters is 1. The molecule has 1 atom stereocenters. The monoisotopic (exact) mass is 407 g/mol. The van der Waals surface area contributed by atoms with Crippen LogP contribution in [-0.2, 0) is 19.1 Å². The van der Waals surface area contributed by atoms with Gasteiger partial charge in [0.1, 0.15) is 5.75 Å². The highest BCUT2D eigenvalue weighted by atomic mass is 79.9. The van der Waals surface area contributed by atoms with E-state index in [2.05, 4.69) is 20.7 Å². The molecule has 0 aliphatic rings. The molecule has 0 unspecified atom stereocenters. The smallest absolute Gasteiger partial charge is 0.413 e. The Balaban J connectivity index is 2.55. The van der Waals surface area contributed by atoms with Crippen LogP contribution in [0.2, 0.25) is 5.02 Å². The van der Waals surface area contributed by atoms with Crippen molar-refractivity contribution in [2.24, 2.45) is 0 Å². The molecule has 0 fully saturated rings. The SMILES string of the molecule is COC(=O)NC(=O)[C@@H](C)OC(=O)COc1c(C)cc(Br)cc1Cl. The zero-order valence-corrected chi connectivity index (χ0v) is 15.0. The number of methoxy groups -OCH3 is 1. The molecular formula is C14H15BrClNO6. The van der Waals surface area contributed by atoms with E-state index >= 15 is 0 Å². The molecule has 0 radical (unpaired) electrons. The van der Waals surface area contributed by atoms with E-state index in [-0.39, 0.29) is 0 Å². The van der Waals surface area contributed by atoms with E-state index in [4.69, 9.17) is 21.1 Å². The molecule has 1 aromatic carbocycles. The Kier molecular flexibility index (Phi) is 7.31. The minimum absolute atomic E-state index is 0.334. The normalized spacial score (nSPS) is 11.3. The number of carbonyl (C=O) groups is 3. The number of imide groups is 1. The average Bonchev–Trinajstić information content (AvgIpc) is 2.45. The summed E-state index contributed by atoms with van der Waals surface area (Å²) in [5, 5.41) is 2.22. The fraction of sp³-hybridized carbons (Fsp3) is 0.357. The summed E-state index contributed by atoms with van der Waals surface area (Å²) in [6.45, 7) is 2.65. The number of aryl methyl sites for hydroxylation is 1. The number of hydrogen-bond donors (Lipinski definition) is 1. The number of carbonyl (C=O) groups excluding carboxylic acids is 3. The largest absolute Gasteiger partial charge is 0.480 e. The third-order valence-electron chi connectivity index (χ3n) is 2.62. The molecule has 2 amide bonds. The van der Waals surface area contributed by atoms with E-state index in [0.29, 0.717) is 10.8 Å². The second kappa shape index (κ2) is 8.73. The van der Waals surface area contributed by atoms with Gasteiger partial charge in [-0.1, -0.05) is 27.5 Å². The maximum absolute atomic E-state index is 11.7. The van der Waals surface area contributed by atoms with Gasteiger partial charge >= 0.3 is 12.1 Å².